The van der Waals surface area contributed by atoms with Crippen LogP contribution in [-0.2, 0) is 6.54 Å². The number of aliphatic hydroxyl groups is 1. The summed E-state index contributed by atoms with van der Waals surface area (Å²) >= 11 is 0. The van der Waals surface area contributed by atoms with Crippen molar-refractivity contribution < 1.29 is 9.84 Å². The zero-order valence-electron chi connectivity index (χ0n) is 12.0. The van der Waals surface area contributed by atoms with Gasteiger partial charge in [0, 0.05) is 13.1 Å². The fraction of sp³-hybridized carbons (Fsp3) is 0.294. The number of benzene rings is 2. The smallest absolute Gasteiger partial charge is 0.122 e. The highest BCUT2D eigenvalue weighted by Gasteiger charge is 2.06. The molecule has 2 N–H and O–H groups in total. The molecule has 106 valence electrons. The fourth-order valence-electron chi connectivity index (χ4n) is 2.12. The number of hydrogen-bond acceptors (Lipinski definition) is 3. The van der Waals surface area contributed by atoms with Gasteiger partial charge >= 0.3 is 0 Å². The topological polar surface area (TPSA) is 41.5 Å². The number of ether oxygens (including phenoxy) is 1. The monoisotopic (exact) mass is 271 g/mol. The third-order valence-corrected chi connectivity index (χ3v) is 3.32. The van der Waals surface area contributed by atoms with Gasteiger partial charge in [-0.3, -0.25) is 0 Å². The van der Waals surface area contributed by atoms with Gasteiger partial charge in [0.2, 0.25) is 0 Å². The van der Waals surface area contributed by atoms with Gasteiger partial charge in [0.1, 0.15) is 5.75 Å². The van der Waals surface area contributed by atoms with E-state index in [4.69, 9.17) is 4.74 Å². The Morgan fingerprint density at radius 2 is 1.90 bits per heavy atom. The Kier molecular flexibility index (Phi) is 5.16. The molecule has 0 aliphatic heterocycles. The second kappa shape index (κ2) is 7.08. The fourth-order valence-corrected chi connectivity index (χ4v) is 2.12. The molecule has 2 aromatic rings. The summed E-state index contributed by atoms with van der Waals surface area (Å²) in [7, 11) is 1.68. The summed E-state index contributed by atoms with van der Waals surface area (Å²) in [6.07, 6.45) is -0.483. The van der Waals surface area contributed by atoms with E-state index in [1.807, 2.05) is 49.4 Å². The van der Waals surface area contributed by atoms with Crippen LogP contribution in [0.5, 0.6) is 5.75 Å². The second-order valence-corrected chi connectivity index (χ2v) is 4.86. The van der Waals surface area contributed by atoms with Crippen LogP contribution < -0.4 is 10.1 Å². The first-order valence-electron chi connectivity index (χ1n) is 6.78. The van der Waals surface area contributed by atoms with Crippen LogP contribution in [0.1, 0.15) is 22.8 Å². The van der Waals surface area contributed by atoms with Gasteiger partial charge in [-0.25, -0.2) is 0 Å². The molecule has 0 radical (unpaired) electrons. The quantitative estimate of drug-likeness (QED) is 0.849. The molecule has 0 fully saturated rings. The molecule has 0 amide bonds. The normalized spacial score (nSPS) is 12.2. The van der Waals surface area contributed by atoms with E-state index in [2.05, 4.69) is 11.4 Å². The van der Waals surface area contributed by atoms with Crippen LogP contribution in [0.25, 0.3) is 0 Å². The molecule has 0 aliphatic carbocycles. The van der Waals surface area contributed by atoms with Gasteiger partial charge in [-0.05, 0) is 29.7 Å². The third kappa shape index (κ3) is 3.83. The molecular weight excluding hydrogens is 250 g/mol. The Labute approximate surface area is 120 Å². The molecule has 0 spiro atoms. The molecule has 0 bridgehead atoms. The highest BCUT2D eigenvalue weighted by molar-refractivity contribution is 5.36. The van der Waals surface area contributed by atoms with Crippen molar-refractivity contribution in [1.82, 2.24) is 5.32 Å². The molecule has 0 saturated carbocycles. The molecule has 3 nitrogen and oxygen atoms in total. The summed E-state index contributed by atoms with van der Waals surface area (Å²) in [5, 5.41) is 13.3. The van der Waals surface area contributed by atoms with Crippen LogP contribution in [0.15, 0.2) is 48.5 Å². The van der Waals surface area contributed by atoms with Gasteiger partial charge in [-0.2, -0.15) is 0 Å². The van der Waals surface area contributed by atoms with Gasteiger partial charge in [0.15, 0.2) is 0 Å². The molecule has 20 heavy (non-hydrogen) atoms. The predicted octanol–water partition coefficient (Wildman–Crippen LogP) is 2.83. The Morgan fingerprint density at radius 3 is 2.60 bits per heavy atom. The average molecular weight is 271 g/mol. The molecule has 0 heterocycles. The minimum atomic E-state index is -0.483. The van der Waals surface area contributed by atoms with Gasteiger partial charge in [-0.1, -0.05) is 42.5 Å². The lowest BCUT2D eigenvalue weighted by Gasteiger charge is -2.13. The van der Waals surface area contributed by atoms with Crippen LogP contribution in [-0.4, -0.2) is 18.8 Å². The van der Waals surface area contributed by atoms with Crippen molar-refractivity contribution in [3.63, 3.8) is 0 Å². The van der Waals surface area contributed by atoms with E-state index in [0.717, 1.165) is 22.4 Å². The standard InChI is InChI=1S/C17H21NO2/c1-13-8-9-14(10-17(13)20-2)11-18-12-16(19)15-6-4-3-5-7-15/h3-10,16,18-19H,11-12H2,1-2H3. The van der Waals surface area contributed by atoms with Gasteiger partial charge in [-0.15, -0.1) is 0 Å². The van der Waals surface area contributed by atoms with E-state index in [-0.39, 0.29) is 0 Å². The van der Waals surface area contributed by atoms with E-state index in [1.54, 1.807) is 7.11 Å². The highest BCUT2D eigenvalue weighted by Crippen LogP contribution is 2.19. The number of methoxy groups -OCH3 is 1. The molecule has 1 unspecified atom stereocenters. The van der Waals surface area contributed by atoms with Crippen molar-refractivity contribution >= 4 is 0 Å². The summed E-state index contributed by atoms with van der Waals surface area (Å²) in [6, 6.07) is 15.8. The second-order valence-electron chi connectivity index (χ2n) is 4.86. The van der Waals surface area contributed by atoms with E-state index >= 15 is 0 Å². The highest BCUT2D eigenvalue weighted by atomic mass is 16.5. The maximum atomic E-state index is 10.1. The number of nitrogens with one attached hydrogen (secondary N) is 1. The largest absolute Gasteiger partial charge is 0.496 e. The lowest BCUT2D eigenvalue weighted by atomic mass is 10.1. The van der Waals surface area contributed by atoms with Crippen molar-refractivity contribution in [2.75, 3.05) is 13.7 Å². The number of aliphatic hydroxyl groups excluding tert-OH is 1. The third-order valence-electron chi connectivity index (χ3n) is 3.32. The van der Waals surface area contributed by atoms with Crippen LogP contribution in [0.4, 0.5) is 0 Å². The average Bonchev–Trinajstić information content (AvgIpc) is 2.49. The number of hydrogen-bond donors (Lipinski definition) is 2. The maximum Gasteiger partial charge on any atom is 0.122 e. The molecule has 0 saturated heterocycles. The van der Waals surface area contributed by atoms with E-state index in [9.17, 15) is 5.11 Å². The maximum absolute atomic E-state index is 10.1. The molecule has 3 heteroatoms. The van der Waals surface area contributed by atoms with Gasteiger partial charge < -0.3 is 15.2 Å². The summed E-state index contributed by atoms with van der Waals surface area (Å²) in [6.45, 7) is 3.26. The first-order chi connectivity index (χ1) is 9.70. The van der Waals surface area contributed by atoms with E-state index in [0.29, 0.717) is 13.1 Å². The zero-order chi connectivity index (χ0) is 14.4. The van der Waals surface area contributed by atoms with Crippen molar-refractivity contribution in [2.45, 2.75) is 19.6 Å². The van der Waals surface area contributed by atoms with Crippen LogP contribution in [0, 0.1) is 6.92 Å². The van der Waals surface area contributed by atoms with E-state index in [1.165, 1.54) is 0 Å². The lowest BCUT2D eigenvalue weighted by molar-refractivity contribution is 0.174. The molecular formula is C17H21NO2. The predicted molar refractivity (Wildman–Crippen MR) is 80.8 cm³/mol. The molecule has 0 aromatic heterocycles. The van der Waals surface area contributed by atoms with Crippen molar-refractivity contribution in [3.05, 3.63) is 65.2 Å². The molecule has 1 atom stereocenters. The zero-order valence-corrected chi connectivity index (χ0v) is 12.0. The van der Waals surface area contributed by atoms with Crippen molar-refractivity contribution in [2.24, 2.45) is 0 Å². The summed E-state index contributed by atoms with van der Waals surface area (Å²) in [5.74, 6) is 0.896. The van der Waals surface area contributed by atoms with Gasteiger partial charge in [0.25, 0.3) is 0 Å². The number of aryl methyl sites for hydroxylation is 1. The Balaban J connectivity index is 1.87. The van der Waals surface area contributed by atoms with Crippen LogP contribution in [0.2, 0.25) is 0 Å². The summed E-state index contributed by atoms with van der Waals surface area (Å²) in [4.78, 5) is 0. The molecule has 2 aromatic carbocycles. The Morgan fingerprint density at radius 1 is 1.15 bits per heavy atom. The summed E-state index contributed by atoms with van der Waals surface area (Å²) in [5.41, 5.74) is 3.20. The van der Waals surface area contributed by atoms with Crippen LogP contribution in [0.3, 0.4) is 0 Å². The molecule has 2 rings (SSSR count). The Hall–Kier alpha value is -1.84. The first-order valence-corrected chi connectivity index (χ1v) is 6.78. The SMILES string of the molecule is COc1cc(CNCC(O)c2ccccc2)ccc1C. The van der Waals surface area contributed by atoms with E-state index < -0.39 is 6.10 Å². The van der Waals surface area contributed by atoms with Crippen LogP contribution >= 0.6 is 0 Å². The molecule has 0 aliphatic rings. The summed E-state index contributed by atoms with van der Waals surface area (Å²) < 4.78 is 5.31. The Bertz CT molecular complexity index is 540. The van der Waals surface area contributed by atoms with Crippen molar-refractivity contribution in [3.8, 4) is 5.75 Å². The first kappa shape index (κ1) is 14.6. The van der Waals surface area contributed by atoms with Crippen molar-refractivity contribution in [1.29, 1.82) is 0 Å². The van der Waals surface area contributed by atoms with Gasteiger partial charge in [0.05, 0.1) is 13.2 Å². The minimum Gasteiger partial charge on any atom is -0.496 e. The lowest BCUT2D eigenvalue weighted by Crippen LogP contribution is -2.21. The number of rotatable bonds is 6. The minimum absolute atomic E-state index is 0.483.